The summed E-state index contributed by atoms with van der Waals surface area (Å²) in [5.74, 6) is -1.23. The zero-order chi connectivity index (χ0) is 17.9. The third-order valence-electron chi connectivity index (χ3n) is 4.15. The van der Waals surface area contributed by atoms with Crippen LogP contribution in [0.1, 0.15) is 18.4 Å². The largest absolute Gasteiger partial charge is 0.394 e. The van der Waals surface area contributed by atoms with Crippen molar-refractivity contribution in [2.75, 3.05) is 39.5 Å². The summed E-state index contributed by atoms with van der Waals surface area (Å²) in [7, 11) is 0. The number of likely N-dealkylation sites (tertiary alicyclic amines) is 1. The number of aliphatic hydroxyl groups excluding tert-OH is 1. The second kappa shape index (κ2) is 10.8. The summed E-state index contributed by atoms with van der Waals surface area (Å²) < 4.78 is 5.02. The number of carbonyl (C=O) groups excluding carboxylic acids is 2. The van der Waals surface area contributed by atoms with Crippen LogP contribution in [0.4, 0.5) is 0 Å². The Balaban J connectivity index is 1.62. The van der Waals surface area contributed by atoms with Crippen molar-refractivity contribution < 1.29 is 19.4 Å². The van der Waals surface area contributed by atoms with Gasteiger partial charge in [-0.05, 0) is 18.4 Å². The molecule has 2 rings (SSSR count). The van der Waals surface area contributed by atoms with Crippen molar-refractivity contribution in [3.63, 3.8) is 0 Å². The average molecular weight is 349 g/mol. The molecule has 1 fully saturated rings. The van der Waals surface area contributed by atoms with Gasteiger partial charge in [-0.15, -0.1) is 0 Å². The summed E-state index contributed by atoms with van der Waals surface area (Å²) in [4.78, 5) is 26.0. The number of carbonyl (C=O) groups is 2. The third kappa shape index (κ3) is 7.21. The number of benzene rings is 1. The molecule has 0 bridgehead atoms. The number of piperidine rings is 1. The van der Waals surface area contributed by atoms with Crippen LogP contribution >= 0.6 is 0 Å². The monoisotopic (exact) mass is 349 g/mol. The highest BCUT2D eigenvalue weighted by atomic mass is 16.5. The van der Waals surface area contributed by atoms with Gasteiger partial charge in [0.1, 0.15) is 0 Å². The lowest BCUT2D eigenvalue weighted by atomic mass is 10.0. The highest BCUT2D eigenvalue weighted by Crippen LogP contribution is 2.13. The van der Waals surface area contributed by atoms with Gasteiger partial charge < -0.3 is 20.5 Å². The number of amides is 2. The van der Waals surface area contributed by atoms with E-state index < -0.39 is 11.8 Å². The third-order valence-corrected chi connectivity index (χ3v) is 4.15. The molecule has 25 heavy (non-hydrogen) atoms. The first kappa shape index (κ1) is 19.4. The molecular formula is C18H27N3O4. The predicted octanol–water partition coefficient (Wildman–Crippen LogP) is -0.108. The average Bonchev–Trinajstić information content (AvgIpc) is 2.64. The molecule has 0 aliphatic carbocycles. The number of aliphatic hydroxyl groups is 1. The highest BCUT2D eigenvalue weighted by molar-refractivity contribution is 6.35. The summed E-state index contributed by atoms with van der Waals surface area (Å²) in [6, 6.07) is 10.3. The van der Waals surface area contributed by atoms with Gasteiger partial charge in [0, 0.05) is 32.2 Å². The molecule has 2 amide bonds. The smallest absolute Gasteiger partial charge is 0.309 e. The summed E-state index contributed by atoms with van der Waals surface area (Å²) in [5, 5.41) is 13.9. The molecule has 0 unspecified atom stereocenters. The van der Waals surface area contributed by atoms with Crippen LogP contribution in [0.5, 0.6) is 0 Å². The molecule has 0 atom stereocenters. The van der Waals surface area contributed by atoms with Crippen molar-refractivity contribution in [2.45, 2.75) is 25.4 Å². The Morgan fingerprint density at radius 1 is 1.12 bits per heavy atom. The maximum absolute atomic E-state index is 11.9. The summed E-state index contributed by atoms with van der Waals surface area (Å²) in [6.07, 6.45) is 1.68. The molecule has 138 valence electrons. The summed E-state index contributed by atoms with van der Waals surface area (Å²) in [5.41, 5.74) is 1.28. The molecule has 1 aliphatic heterocycles. The molecule has 1 saturated heterocycles. The minimum Gasteiger partial charge on any atom is -0.394 e. The molecule has 7 nitrogen and oxygen atoms in total. The van der Waals surface area contributed by atoms with Gasteiger partial charge in [-0.1, -0.05) is 30.3 Å². The normalized spacial score (nSPS) is 15.7. The Morgan fingerprint density at radius 2 is 1.84 bits per heavy atom. The molecule has 0 spiro atoms. The molecule has 1 aliphatic rings. The Morgan fingerprint density at radius 3 is 2.52 bits per heavy atom. The van der Waals surface area contributed by atoms with Gasteiger partial charge in [0.05, 0.1) is 19.8 Å². The summed E-state index contributed by atoms with van der Waals surface area (Å²) >= 11 is 0. The van der Waals surface area contributed by atoms with Crippen LogP contribution in [0.15, 0.2) is 30.3 Å². The highest BCUT2D eigenvalue weighted by Gasteiger charge is 2.23. The van der Waals surface area contributed by atoms with E-state index >= 15 is 0 Å². The number of nitrogens with zero attached hydrogens (tertiary/aromatic N) is 1. The molecule has 1 aromatic rings. The zero-order valence-electron chi connectivity index (χ0n) is 14.4. The quantitative estimate of drug-likeness (QED) is 0.450. The van der Waals surface area contributed by atoms with Crippen molar-refractivity contribution in [3.05, 3.63) is 35.9 Å². The van der Waals surface area contributed by atoms with Crippen molar-refractivity contribution in [2.24, 2.45) is 0 Å². The number of hydrogen-bond acceptors (Lipinski definition) is 5. The SMILES string of the molecule is O=C(NCCOCCO)C(=O)NC1CCN(Cc2ccccc2)CC1. The molecule has 0 saturated carbocycles. The van der Waals surface area contributed by atoms with Gasteiger partial charge in [0.25, 0.3) is 0 Å². The maximum atomic E-state index is 11.9. The molecule has 1 heterocycles. The van der Waals surface area contributed by atoms with Crippen LogP contribution in [0.2, 0.25) is 0 Å². The van der Waals surface area contributed by atoms with Gasteiger partial charge in [-0.25, -0.2) is 0 Å². The van der Waals surface area contributed by atoms with E-state index in [1.54, 1.807) is 0 Å². The van der Waals surface area contributed by atoms with Crippen molar-refractivity contribution in [1.82, 2.24) is 15.5 Å². The first-order valence-electron chi connectivity index (χ1n) is 8.72. The summed E-state index contributed by atoms with van der Waals surface area (Å²) in [6.45, 7) is 3.41. The van der Waals surface area contributed by atoms with Gasteiger partial charge in [-0.3, -0.25) is 14.5 Å². The van der Waals surface area contributed by atoms with Crippen LogP contribution in [-0.4, -0.2) is 67.3 Å². The Kier molecular flexibility index (Phi) is 8.38. The van der Waals surface area contributed by atoms with E-state index in [9.17, 15) is 9.59 Å². The van der Waals surface area contributed by atoms with E-state index in [1.165, 1.54) is 5.56 Å². The van der Waals surface area contributed by atoms with Crippen LogP contribution in [0, 0.1) is 0 Å². The van der Waals surface area contributed by atoms with E-state index in [0.29, 0.717) is 0 Å². The van der Waals surface area contributed by atoms with E-state index in [4.69, 9.17) is 9.84 Å². The lowest BCUT2D eigenvalue weighted by Gasteiger charge is -2.32. The van der Waals surface area contributed by atoms with Gasteiger partial charge >= 0.3 is 11.8 Å². The minimum atomic E-state index is -0.640. The Hall–Kier alpha value is -1.96. The van der Waals surface area contributed by atoms with E-state index in [1.807, 2.05) is 18.2 Å². The molecule has 0 radical (unpaired) electrons. The van der Waals surface area contributed by atoms with Crippen molar-refractivity contribution >= 4 is 11.8 Å². The number of ether oxygens (including phenoxy) is 1. The van der Waals surface area contributed by atoms with E-state index in [0.717, 1.165) is 32.5 Å². The Bertz CT molecular complexity index is 530. The second-order valence-electron chi connectivity index (χ2n) is 6.10. The van der Waals surface area contributed by atoms with Gasteiger partial charge in [-0.2, -0.15) is 0 Å². The van der Waals surface area contributed by atoms with Crippen LogP contribution < -0.4 is 10.6 Å². The fourth-order valence-corrected chi connectivity index (χ4v) is 2.81. The minimum absolute atomic E-state index is 0.0379. The van der Waals surface area contributed by atoms with Crippen LogP contribution in [0.3, 0.4) is 0 Å². The fraction of sp³-hybridized carbons (Fsp3) is 0.556. The van der Waals surface area contributed by atoms with Gasteiger partial charge in [0.15, 0.2) is 0 Å². The first-order chi connectivity index (χ1) is 12.2. The van der Waals surface area contributed by atoms with Crippen LogP contribution in [-0.2, 0) is 20.9 Å². The first-order valence-corrected chi connectivity index (χ1v) is 8.72. The van der Waals surface area contributed by atoms with Crippen molar-refractivity contribution in [3.8, 4) is 0 Å². The van der Waals surface area contributed by atoms with Crippen LogP contribution in [0.25, 0.3) is 0 Å². The number of rotatable bonds is 8. The molecule has 3 N–H and O–H groups in total. The van der Waals surface area contributed by atoms with Crippen molar-refractivity contribution in [1.29, 1.82) is 0 Å². The molecule has 1 aromatic carbocycles. The standard InChI is InChI=1S/C18H27N3O4/c22-11-13-25-12-8-19-17(23)18(24)20-16-6-9-21(10-7-16)14-15-4-2-1-3-5-15/h1-5,16,22H,6-14H2,(H,19,23)(H,20,24). The molecular weight excluding hydrogens is 322 g/mol. The predicted molar refractivity (Wildman–Crippen MR) is 93.8 cm³/mol. The Labute approximate surface area is 148 Å². The lowest BCUT2D eigenvalue weighted by molar-refractivity contribution is -0.139. The maximum Gasteiger partial charge on any atom is 0.309 e. The lowest BCUT2D eigenvalue weighted by Crippen LogP contribution is -2.49. The zero-order valence-corrected chi connectivity index (χ0v) is 14.4. The number of hydrogen-bond donors (Lipinski definition) is 3. The van der Waals surface area contributed by atoms with E-state index in [2.05, 4.69) is 27.7 Å². The van der Waals surface area contributed by atoms with Gasteiger partial charge in [0.2, 0.25) is 0 Å². The fourth-order valence-electron chi connectivity index (χ4n) is 2.81. The second-order valence-corrected chi connectivity index (χ2v) is 6.10. The molecule has 7 heteroatoms. The molecule has 0 aromatic heterocycles. The van der Waals surface area contributed by atoms with E-state index in [-0.39, 0.29) is 32.4 Å². The number of nitrogens with one attached hydrogen (secondary N) is 2. The topological polar surface area (TPSA) is 90.9 Å².